The molecule has 0 aliphatic carbocycles. The van der Waals surface area contributed by atoms with Gasteiger partial charge < -0.3 is 20.3 Å². The Kier molecular flexibility index (Phi) is 4.66. The summed E-state index contributed by atoms with van der Waals surface area (Å²) in [5.74, 6) is 0.621. The van der Waals surface area contributed by atoms with Crippen LogP contribution in [0.2, 0.25) is 0 Å². The summed E-state index contributed by atoms with van der Waals surface area (Å²) in [5, 5.41) is 5.55. The van der Waals surface area contributed by atoms with Crippen LogP contribution in [0.4, 0.5) is 21.9 Å². The molecular weight excluding hydrogens is 266 g/mol. The van der Waals surface area contributed by atoms with Crippen molar-refractivity contribution in [3.8, 4) is 5.75 Å². The molecule has 0 bridgehead atoms. The lowest BCUT2D eigenvalue weighted by molar-refractivity contribution is 0.262. The Hall–Kier alpha value is -2.69. The van der Waals surface area contributed by atoms with Crippen LogP contribution >= 0.6 is 0 Å². The van der Waals surface area contributed by atoms with Gasteiger partial charge in [0.2, 0.25) is 0 Å². The lowest BCUT2D eigenvalue weighted by atomic mass is 10.2. The minimum atomic E-state index is -0.308. The second-order valence-electron chi connectivity index (χ2n) is 4.72. The van der Waals surface area contributed by atoms with E-state index in [1.54, 1.807) is 19.2 Å². The fourth-order valence-corrected chi connectivity index (χ4v) is 1.88. The smallest absolute Gasteiger partial charge is 0.323 e. The molecule has 0 aliphatic heterocycles. The Balaban J connectivity index is 2.01. The van der Waals surface area contributed by atoms with Crippen LogP contribution in [0, 0.1) is 0 Å². The second-order valence-corrected chi connectivity index (χ2v) is 4.72. The maximum Gasteiger partial charge on any atom is 0.323 e. The molecule has 5 nitrogen and oxygen atoms in total. The van der Waals surface area contributed by atoms with E-state index >= 15 is 0 Å². The van der Waals surface area contributed by atoms with Gasteiger partial charge in [-0.05, 0) is 36.4 Å². The zero-order valence-electron chi connectivity index (χ0n) is 12.4. The summed E-state index contributed by atoms with van der Waals surface area (Å²) in [4.78, 5) is 14.0. The first kappa shape index (κ1) is 14.7. The third-order valence-electron chi connectivity index (χ3n) is 3.00. The third-order valence-corrected chi connectivity index (χ3v) is 3.00. The summed E-state index contributed by atoms with van der Waals surface area (Å²) >= 11 is 0. The first-order valence-corrected chi connectivity index (χ1v) is 6.58. The van der Waals surface area contributed by atoms with Gasteiger partial charge in [0.1, 0.15) is 5.75 Å². The highest BCUT2D eigenvalue weighted by Gasteiger charge is 2.07. The minimum Gasteiger partial charge on any atom is -0.495 e. The van der Waals surface area contributed by atoms with Gasteiger partial charge in [-0.2, -0.15) is 0 Å². The number of hydrogen-bond acceptors (Lipinski definition) is 3. The van der Waals surface area contributed by atoms with Crippen molar-refractivity contribution in [1.82, 2.24) is 0 Å². The average molecular weight is 285 g/mol. The van der Waals surface area contributed by atoms with Crippen molar-refractivity contribution in [1.29, 1.82) is 0 Å². The van der Waals surface area contributed by atoms with E-state index in [9.17, 15) is 4.79 Å². The van der Waals surface area contributed by atoms with E-state index in [2.05, 4.69) is 10.6 Å². The third kappa shape index (κ3) is 3.89. The van der Waals surface area contributed by atoms with Crippen LogP contribution in [-0.4, -0.2) is 27.2 Å². The Labute approximate surface area is 124 Å². The first-order chi connectivity index (χ1) is 10.1. The van der Waals surface area contributed by atoms with Crippen LogP contribution < -0.4 is 20.3 Å². The minimum absolute atomic E-state index is 0.308. The quantitative estimate of drug-likeness (QED) is 0.905. The van der Waals surface area contributed by atoms with Crippen LogP contribution in [0.5, 0.6) is 5.75 Å². The summed E-state index contributed by atoms with van der Waals surface area (Å²) < 4.78 is 5.19. The zero-order chi connectivity index (χ0) is 15.2. The Morgan fingerprint density at radius 3 is 2.29 bits per heavy atom. The fourth-order valence-electron chi connectivity index (χ4n) is 1.88. The van der Waals surface area contributed by atoms with Crippen molar-refractivity contribution in [2.75, 3.05) is 36.7 Å². The summed E-state index contributed by atoms with van der Waals surface area (Å²) in [6.45, 7) is 0. The number of anilines is 3. The van der Waals surface area contributed by atoms with Gasteiger partial charge in [-0.15, -0.1) is 0 Å². The van der Waals surface area contributed by atoms with Gasteiger partial charge in [0.15, 0.2) is 0 Å². The SMILES string of the molecule is COc1ccccc1NC(=O)Nc1ccc(N(C)C)cc1. The molecule has 21 heavy (non-hydrogen) atoms. The van der Waals surface area contributed by atoms with Crippen molar-refractivity contribution in [3.63, 3.8) is 0 Å². The van der Waals surface area contributed by atoms with Gasteiger partial charge in [-0.1, -0.05) is 12.1 Å². The maximum absolute atomic E-state index is 12.0. The number of amides is 2. The van der Waals surface area contributed by atoms with Crippen LogP contribution in [0.1, 0.15) is 0 Å². The van der Waals surface area contributed by atoms with E-state index in [-0.39, 0.29) is 6.03 Å². The molecule has 0 radical (unpaired) electrons. The molecule has 5 heteroatoms. The van der Waals surface area contributed by atoms with Crippen LogP contribution in [0.3, 0.4) is 0 Å². The molecule has 0 saturated carbocycles. The Bertz CT molecular complexity index is 609. The van der Waals surface area contributed by atoms with Gasteiger partial charge >= 0.3 is 6.03 Å². The predicted molar refractivity (Wildman–Crippen MR) is 86.4 cm³/mol. The molecule has 0 aliphatic rings. The number of nitrogens with zero attached hydrogens (tertiary/aromatic N) is 1. The summed E-state index contributed by atoms with van der Waals surface area (Å²) in [5.41, 5.74) is 2.43. The predicted octanol–water partition coefficient (Wildman–Crippen LogP) is 3.41. The highest BCUT2D eigenvalue weighted by atomic mass is 16.5. The number of para-hydroxylation sites is 2. The number of ether oxygens (including phenoxy) is 1. The van der Waals surface area contributed by atoms with Gasteiger partial charge in [0.25, 0.3) is 0 Å². The molecule has 2 rings (SSSR count). The lowest BCUT2D eigenvalue weighted by Gasteiger charge is -2.14. The van der Waals surface area contributed by atoms with Gasteiger partial charge in [-0.3, -0.25) is 0 Å². The highest BCUT2D eigenvalue weighted by molar-refractivity contribution is 6.00. The molecule has 0 saturated heterocycles. The molecule has 2 aromatic rings. The topological polar surface area (TPSA) is 53.6 Å². The maximum atomic E-state index is 12.0. The van der Waals surface area contributed by atoms with E-state index in [0.717, 1.165) is 11.4 Å². The molecule has 0 aromatic heterocycles. The van der Waals surface area contributed by atoms with Gasteiger partial charge in [0.05, 0.1) is 12.8 Å². The zero-order valence-corrected chi connectivity index (χ0v) is 12.4. The average Bonchev–Trinajstić information content (AvgIpc) is 2.48. The highest BCUT2D eigenvalue weighted by Crippen LogP contribution is 2.23. The van der Waals surface area contributed by atoms with Crippen LogP contribution in [0.25, 0.3) is 0 Å². The van der Waals surface area contributed by atoms with Crippen molar-refractivity contribution < 1.29 is 9.53 Å². The molecule has 110 valence electrons. The lowest BCUT2D eigenvalue weighted by Crippen LogP contribution is -2.19. The molecule has 0 atom stereocenters. The molecule has 0 fully saturated rings. The summed E-state index contributed by atoms with van der Waals surface area (Å²) in [6.07, 6.45) is 0. The number of hydrogen-bond donors (Lipinski definition) is 2. The van der Waals surface area contributed by atoms with E-state index < -0.39 is 0 Å². The standard InChI is InChI=1S/C16H19N3O2/c1-19(2)13-10-8-12(9-11-13)17-16(20)18-14-6-4-5-7-15(14)21-3/h4-11H,1-3H3,(H2,17,18,20). The monoisotopic (exact) mass is 285 g/mol. The van der Waals surface area contributed by atoms with Gasteiger partial charge in [0, 0.05) is 25.5 Å². The van der Waals surface area contributed by atoms with Crippen molar-refractivity contribution in [3.05, 3.63) is 48.5 Å². The molecule has 2 N–H and O–H groups in total. The molecule has 0 spiro atoms. The van der Waals surface area contributed by atoms with Crippen molar-refractivity contribution in [2.45, 2.75) is 0 Å². The van der Waals surface area contributed by atoms with Gasteiger partial charge in [-0.25, -0.2) is 4.79 Å². The summed E-state index contributed by atoms with van der Waals surface area (Å²) in [7, 11) is 5.51. The summed E-state index contributed by atoms with van der Waals surface area (Å²) in [6, 6.07) is 14.6. The fraction of sp³-hybridized carbons (Fsp3) is 0.188. The second kappa shape index (κ2) is 6.65. The van der Waals surface area contributed by atoms with E-state index in [1.165, 1.54) is 0 Å². The number of rotatable bonds is 4. The molecule has 2 aromatic carbocycles. The van der Waals surface area contributed by atoms with Crippen molar-refractivity contribution >= 4 is 23.1 Å². The Morgan fingerprint density at radius 2 is 1.67 bits per heavy atom. The number of carbonyl (C=O) groups excluding carboxylic acids is 1. The van der Waals surface area contributed by atoms with E-state index in [1.807, 2.05) is 55.4 Å². The first-order valence-electron chi connectivity index (χ1n) is 6.58. The molecule has 0 unspecified atom stereocenters. The molecular formula is C16H19N3O2. The number of carbonyl (C=O) groups is 1. The normalized spacial score (nSPS) is 9.86. The van der Waals surface area contributed by atoms with Crippen molar-refractivity contribution in [2.24, 2.45) is 0 Å². The largest absolute Gasteiger partial charge is 0.495 e. The van der Waals surface area contributed by atoms with Crippen LogP contribution in [0.15, 0.2) is 48.5 Å². The van der Waals surface area contributed by atoms with E-state index in [0.29, 0.717) is 11.4 Å². The molecule has 2 amide bonds. The van der Waals surface area contributed by atoms with Crippen LogP contribution in [-0.2, 0) is 0 Å². The number of nitrogens with one attached hydrogen (secondary N) is 2. The van der Waals surface area contributed by atoms with E-state index in [4.69, 9.17) is 4.74 Å². The Morgan fingerprint density at radius 1 is 1.00 bits per heavy atom. The number of urea groups is 1. The molecule has 0 heterocycles. The number of benzene rings is 2. The number of methoxy groups -OCH3 is 1.